The second-order valence-electron chi connectivity index (χ2n) is 11.3. The Morgan fingerprint density at radius 2 is 1.02 bits per heavy atom. The molecule has 0 amide bonds. The number of carbonyl (C=O) groups is 2. The highest BCUT2D eigenvalue weighted by Crippen LogP contribution is 2.52. The van der Waals surface area contributed by atoms with Crippen LogP contribution >= 0.6 is 0 Å². The molecule has 41 heavy (non-hydrogen) atoms. The molecule has 210 valence electrons. The van der Waals surface area contributed by atoms with Crippen molar-refractivity contribution in [1.29, 1.82) is 0 Å². The first-order valence-electron chi connectivity index (χ1n) is 14.1. The van der Waals surface area contributed by atoms with Gasteiger partial charge in [0.2, 0.25) is 0 Å². The lowest BCUT2D eigenvalue weighted by molar-refractivity contribution is -0.118. The summed E-state index contributed by atoms with van der Waals surface area (Å²) in [5.41, 5.74) is 5.46. The van der Waals surface area contributed by atoms with Gasteiger partial charge in [0.1, 0.15) is 23.0 Å². The number of allylic oxidation sites excluding steroid dienone is 4. The van der Waals surface area contributed by atoms with Gasteiger partial charge >= 0.3 is 0 Å². The molecule has 2 aliphatic carbocycles. The molecule has 0 N–H and O–H groups in total. The largest absolute Gasteiger partial charge is 0.497 e. The Balaban J connectivity index is 1.40. The lowest BCUT2D eigenvalue weighted by atomic mass is 9.69. The van der Waals surface area contributed by atoms with Crippen LogP contribution in [0.5, 0.6) is 11.5 Å². The minimum atomic E-state index is -0.418. The number of benzene rings is 3. The summed E-state index contributed by atoms with van der Waals surface area (Å²) >= 11 is 0. The molecule has 1 heterocycles. The smallest absolute Gasteiger partial charge is 0.163 e. The lowest BCUT2D eigenvalue weighted by Gasteiger charge is -2.39. The van der Waals surface area contributed by atoms with Gasteiger partial charge in [-0.15, -0.1) is 0 Å². The molecule has 0 aromatic heterocycles. The molecule has 3 aromatic carbocycles. The first-order chi connectivity index (χ1) is 19.9. The van der Waals surface area contributed by atoms with Crippen LogP contribution < -0.4 is 14.4 Å². The number of hydrogen-bond acceptors (Lipinski definition) is 6. The van der Waals surface area contributed by atoms with Crippen molar-refractivity contribution in [2.75, 3.05) is 33.2 Å². The van der Waals surface area contributed by atoms with Gasteiger partial charge in [0.15, 0.2) is 11.6 Å². The summed E-state index contributed by atoms with van der Waals surface area (Å²) in [6.45, 7) is 0. The zero-order valence-corrected chi connectivity index (χ0v) is 24.0. The van der Waals surface area contributed by atoms with Crippen LogP contribution in [0.3, 0.4) is 0 Å². The van der Waals surface area contributed by atoms with E-state index in [1.54, 1.807) is 14.2 Å². The number of ketones is 2. The summed E-state index contributed by atoms with van der Waals surface area (Å²) < 4.78 is 17.3. The third kappa shape index (κ3) is 5.03. The van der Waals surface area contributed by atoms with Crippen molar-refractivity contribution in [3.8, 4) is 11.5 Å². The van der Waals surface area contributed by atoms with E-state index in [1.807, 2.05) is 91.8 Å². The van der Waals surface area contributed by atoms with Crippen LogP contribution in [0, 0.1) is 0 Å². The van der Waals surface area contributed by atoms with E-state index in [1.165, 1.54) is 0 Å². The Kier molecular flexibility index (Phi) is 7.16. The van der Waals surface area contributed by atoms with E-state index in [0.717, 1.165) is 33.9 Å². The molecule has 0 bridgehead atoms. The predicted molar refractivity (Wildman–Crippen MR) is 159 cm³/mol. The number of hydrogen-bond donors (Lipinski definition) is 0. The third-order valence-corrected chi connectivity index (χ3v) is 8.67. The Morgan fingerprint density at radius 3 is 1.41 bits per heavy atom. The number of Topliss-reactive ketones (excluding diaryl/α,β-unsaturated/α-hetero) is 2. The van der Waals surface area contributed by atoms with Gasteiger partial charge in [0, 0.05) is 62.5 Å². The molecular weight excluding hydrogens is 514 g/mol. The Morgan fingerprint density at radius 1 is 0.610 bits per heavy atom. The molecule has 6 heteroatoms. The van der Waals surface area contributed by atoms with Crippen LogP contribution in [0.15, 0.2) is 95.5 Å². The van der Waals surface area contributed by atoms with Gasteiger partial charge in [0.25, 0.3) is 0 Å². The fourth-order valence-corrected chi connectivity index (χ4v) is 6.44. The summed E-state index contributed by atoms with van der Waals surface area (Å²) in [7, 11) is 7.29. The highest BCUT2D eigenvalue weighted by molar-refractivity contribution is 6.06. The molecule has 2 unspecified atom stereocenters. The highest BCUT2D eigenvalue weighted by Gasteiger charge is 2.45. The predicted octanol–water partition coefficient (Wildman–Crippen LogP) is 6.69. The van der Waals surface area contributed by atoms with Crippen molar-refractivity contribution < 1.29 is 23.8 Å². The van der Waals surface area contributed by atoms with Gasteiger partial charge in [-0.2, -0.15) is 0 Å². The number of methoxy groups -OCH3 is 2. The van der Waals surface area contributed by atoms with Crippen molar-refractivity contribution in [3.63, 3.8) is 0 Å². The minimum Gasteiger partial charge on any atom is -0.497 e. The maximum absolute atomic E-state index is 13.9. The fraction of sp³-hybridized carbons (Fsp3) is 0.314. The monoisotopic (exact) mass is 549 g/mol. The van der Waals surface area contributed by atoms with Gasteiger partial charge < -0.3 is 19.1 Å². The number of carbonyl (C=O) groups excluding carboxylic acids is 2. The first-order valence-corrected chi connectivity index (χ1v) is 14.1. The lowest BCUT2D eigenvalue weighted by Crippen LogP contribution is -2.33. The van der Waals surface area contributed by atoms with Crippen molar-refractivity contribution in [1.82, 2.24) is 0 Å². The van der Waals surface area contributed by atoms with Crippen LogP contribution in [0.1, 0.15) is 60.1 Å². The van der Waals surface area contributed by atoms with E-state index < -0.39 is 5.92 Å². The second-order valence-corrected chi connectivity index (χ2v) is 11.3. The molecule has 0 fully saturated rings. The summed E-state index contributed by atoms with van der Waals surface area (Å²) in [6, 6.07) is 24.0. The Bertz CT molecular complexity index is 1440. The minimum absolute atomic E-state index is 0.00255. The van der Waals surface area contributed by atoms with Crippen molar-refractivity contribution in [2.45, 2.75) is 43.4 Å². The van der Waals surface area contributed by atoms with E-state index in [0.29, 0.717) is 48.3 Å². The van der Waals surface area contributed by atoms with E-state index in [9.17, 15) is 9.59 Å². The van der Waals surface area contributed by atoms with Crippen LogP contribution in [0.4, 0.5) is 5.69 Å². The first kappa shape index (κ1) is 26.9. The van der Waals surface area contributed by atoms with Crippen LogP contribution in [-0.2, 0) is 14.3 Å². The van der Waals surface area contributed by atoms with Gasteiger partial charge in [-0.3, -0.25) is 9.59 Å². The summed E-state index contributed by atoms with van der Waals surface area (Å²) in [6.07, 6.45) is 1.98. The molecule has 0 saturated heterocycles. The molecule has 0 saturated carbocycles. The normalized spacial score (nSPS) is 22.1. The van der Waals surface area contributed by atoms with E-state index in [2.05, 4.69) is 0 Å². The van der Waals surface area contributed by atoms with E-state index in [-0.39, 0.29) is 23.4 Å². The Hall–Kier alpha value is -4.32. The molecule has 2 atom stereocenters. The fourth-order valence-electron chi connectivity index (χ4n) is 6.44. The molecule has 3 aromatic rings. The van der Waals surface area contributed by atoms with Crippen LogP contribution in [-0.4, -0.2) is 39.9 Å². The maximum atomic E-state index is 13.9. The van der Waals surface area contributed by atoms with Crippen molar-refractivity contribution in [3.05, 3.63) is 112 Å². The summed E-state index contributed by atoms with van der Waals surface area (Å²) in [5, 5.41) is 0. The number of nitrogens with zero attached hydrogens (tertiary/aromatic N) is 1. The quantitative estimate of drug-likeness (QED) is 0.342. The van der Waals surface area contributed by atoms with Gasteiger partial charge in [0.05, 0.1) is 14.2 Å². The zero-order valence-electron chi connectivity index (χ0n) is 24.0. The van der Waals surface area contributed by atoms with Crippen molar-refractivity contribution in [2.24, 2.45) is 0 Å². The average molecular weight is 550 g/mol. The van der Waals surface area contributed by atoms with Crippen molar-refractivity contribution >= 4 is 17.3 Å². The Labute approximate surface area is 241 Å². The van der Waals surface area contributed by atoms with Crippen LogP contribution in [0.2, 0.25) is 0 Å². The summed E-state index contributed by atoms with van der Waals surface area (Å²) in [4.78, 5) is 29.9. The highest BCUT2D eigenvalue weighted by atomic mass is 16.5. The molecule has 6 nitrogen and oxygen atoms in total. The molecular formula is C35H35NO5. The van der Waals surface area contributed by atoms with Crippen LogP contribution in [0.25, 0.3) is 0 Å². The average Bonchev–Trinajstić information content (AvgIpc) is 3.00. The maximum Gasteiger partial charge on any atom is 0.163 e. The molecule has 1 aliphatic heterocycles. The zero-order chi connectivity index (χ0) is 28.7. The number of rotatable bonds is 6. The number of anilines is 1. The molecule has 0 spiro atoms. The SMILES string of the molecule is COc1ccc(C2CC(=O)C3=C(C2)OC2=C(C(=O)CC(c4ccc(OC)cc4)C2)C3c2ccc(N(C)C)cc2)cc1. The van der Waals surface area contributed by atoms with Gasteiger partial charge in [-0.1, -0.05) is 36.4 Å². The number of ether oxygens (including phenoxy) is 3. The molecule has 3 aliphatic rings. The standard InChI is InChI=1S/C35H35NO5/c1-36(2)26-11-5-23(6-12-26)33-34-29(37)17-24(21-7-13-27(39-3)14-8-21)19-31(34)41-32-20-25(18-30(38)35(32)33)22-9-15-28(40-4)16-10-22/h5-16,24-25,33H,17-20H2,1-4H3. The molecule has 6 rings (SSSR count). The van der Waals surface area contributed by atoms with Gasteiger partial charge in [-0.25, -0.2) is 0 Å². The topological polar surface area (TPSA) is 65.1 Å². The van der Waals surface area contributed by atoms with Gasteiger partial charge in [-0.05, 0) is 64.9 Å². The third-order valence-electron chi connectivity index (χ3n) is 8.67. The van der Waals surface area contributed by atoms with E-state index >= 15 is 0 Å². The second kappa shape index (κ2) is 10.9. The summed E-state index contributed by atoms with van der Waals surface area (Å²) in [5.74, 6) is 2.65. The van der Waals surface area contributed by atoms with E-state index in [4.69, 9.17) is 14.2 Å². The molecule has 0 radical (unpaired) electrons.